The van der Waals surface area contributed by atoms with Crippen LogP contribution in [-0.2, 0) is 25.7 Å². The number of nitrogens with zero attached hydrogens (tertiary/aromatic N) is 3. The highest BCUT2D eigenvalue weighted by Crippen LogP contribution is 2.54. The fourth-order valence-electron chi connectivity index (χ4n) is 5.19. The molecule has 2 saturated heterocycles. The molecule has 0 saturated carbocycles. The van der Waals surface area contributed by atoms with Crippen molar-refractivity contribution in [1.29, 1.82) is 0 Å². The van der Waals surface area contributed by atoms with Gasteiger partial charge < -0.3 is 9.64 Å². The maximum Gasteiger partial charge on any atom is 0.308 e. The molecule has 0 radical (unpaired) electrons. The fourth-order valence-corrected chi connectivity index (χ4v) is 8.38. The zero-order valence-corrected chi connectivity index (χ0v) is 22.8. The van der Waals surface area contributed by atoms with Crippen LogP contribution in [0.1, 0.15) is 16.4 Å². The first-order valence-corrected chi connectivity index (χ1v) is 14.4. The van der Waals surface area contributed by atoms with Crippen molar-refractivity contribution in [3.05, 3.63) is 79.2 Å². The zero-order chi connectivity index (χ0) is 25.7. The van der Waals surface area contributed by atoms with Crippen LogP contribution >= 0.6 is 39.0 Å². The van der Waals surface area contributed by atoms with Gasteiger partial charge in [0.05, 0.1) is 29.8 Å². The minimum Gasteiger partial charge on any atom is -0.378 e. The first-order chi connectivity index (χ1) is 17.9. The summed E-state index contributed by atoms with van der Waals surface area (Å²) in [6, 6.07) is 16.5. The molecule has 8 nitrogen and oxygen atoms in total. The third-order valence-electron chi connectivity index (χ3n) is 6.93. The van der Waals surface area contributed by atoms with E-state index in [0.717, 1.165) is 26.3 Å². The Morgan fingerprint density at radius 1 is 1.00 bits per heavy atom. The molecular weight excluding hydrogens is 578 g/mol. The monoisotopic (exact) mass is 599 g/mol. The van der Waals surface area contributed by atoms with E-state index in [4.69, 9.17) is 4.74 Å². The number of carbonyl (C=O) groups excluding carboxylic acids is 3. The summed E-state index contributed by atoms with van der Waals surface area (Å²) in [5.41, 5.74) is 1.37. The SMILES string of the molecule is O=C(Cn1c2c(sc1=O)[C@@H](c1cccc(Br)c1)[C@@H]1C(=O)N(c3ccccc3)C(=O)[C@@H]1S2)N1CCOCC1. The van der Waals surface area contributed by atoms with Crippen LogP contribution in [0.25, 0.3) is 0 Å². The second kappa shape index (κ2) is 9.86. The van der Waals surface area contributed by atoms with E-state index >= 15 is 0 Å². The number of thiazole rings is 1. The second-order valence-electron chi connectivity index (χ2n) is 9.06. The zero-order valence-electron chi connectivity index (χ0n) is 19.5. The molecule has 0 aliphatic carbocycles. The van der Waals surface area contributed by atoms with Crippen LogP contribution in [0.2, 0.25) is 0 Å². The van der Waals surface area contributed by atoms with Crippen molar-refractivity contribution >= 4 is 62.4 Å². The Balaban J connectivity index is 1.44. The van der Waals surface area contributed by atoms with Gasteiger partial charge in [0.25, 0.3) is 0 Å². The van der Waals surface area contributed by atoms with Crippen LogP contribution < -0.4 is 9.77 Å². The average molecular weight is 601 g/mol. The van der Waals surface area contributed by atoms with Crippen LogP contribution in [-0.4, -0.2) is 58.7 Å². The van der Waals surface area contributed by atoms with Crippen LogP contribution in [0.15, 0.2) is 68.9 Å². The molecule has 0 unspecified atom stereocenters. The lowest BCUT2D eigenvalue weighted by Crippen LogP contribution is -2.43. The van der Waals surface area contributed by atoms with Gasteiger partial charge >= 0.3 is 4.87 Å². The smallest absolute Gasteiger partial charge is 0.308 e. The number of amides is 3. The van der Waals surface area contributed by atoms with Crippen molar-refractivity contribution in [3.8, 4) is 0 Å². The van der Waals surface area contributed by atoms with E-state index < -0.39 is 17.1 Å². The third-order valence-corrected chi connectivity index (χ3v) is 10.0. The molecule has 1 aromatic heterocycles. The third kappa shape index (κ3) is 4.27. The van der Waals surface area contributed by atoms with Gasteiger partial charge in [0.1, 0.15) is 11.8 Å². The maximum atomic E-state index is 13.8. The number of hydrogen-bond donors (Lipinski definition) is 0. The molecule has 11 heteroatoms. The number of rotatable bonds is 4. The summed E-state index contributed by atoms with van der Waals surface area (Å²) in [5.74, 6) is -1.89. The molecule has 4 heterocycles. The number of fused-ring (bicyclic) bond motifs is 2. The van der Waals surface area contributed by atoms with Crippen LogP contribution in [0.5, 0.6) is 0 Å². The number of aromatic nitrogens is 1. The molecule has 0 spiro atoms. The van der Waals surface area contributed by atoms with E-state index in [1.807, 2.05) is 30.3 Å². The molecule has 0 bridgehead atoms. The van der Waals surface area contributed by atoms with Gasteiger partial charge in [0.2, 0.25) is 17.7 Å². The van der Waals surface area contributed by atoms with E-state index in [1.54, 1.807) is 29.2 Å². The molecule has 3 amide bonds. The van der Waals surface area contributed by atoms with Crippen LogP contribution in [0.3, 0.4) is 0 Å². The first-order valence-electron chi connectivity index (χ1n) is 11.9. The minimum absolute atomic E-state index is 0.106. The molecule has 2 fully saturated rings. The Labute approximate surface area is 229 Å². The lowest BCUT2D eigenvalue weighted by atomic mass is 9.83. The molecule has 3 atom stereocenters. The Kier molecular flexibility index (Phi) is 6.56. The standard InChI is InChI=1S/C26H22BrN3O5S2/c27-16-6-4-5-15(13-16)19-20-21(24(33)30(23(20)32)17-7-2-1-3-8-17)36-25-22(19)37-26(34)29(25)14-18(31)28-9-11-35-12-10-28/h1-8,13,19-21H,9-12,14H2/t19-,20-,21+/m0/s1. The van der Waals surface area contributed by atoms with Crippen molar-refractivity contribution in [2.24, 2.45) is 5.92 Å². The lowest BCUT2D eigenvalue weighted by molar-refractivity contribution is -0.136. The quantitative estimate of drug-likeness (QED) is 0.427. The fraction of sp³-hybridized carbons (Fsp3) is 0.308. The molecule has 190 valence electrons. The molecular formula is C26H22BrN3O5S2. The summed E-state index contributed by atoms with van der Waals surface area (Å²) in [4.78, 5) is 57.2. The Morgan fingerprint density at radius 2 is 1.76 bits per heavy atom. The van der Waals surface area contributed by atoms with Gasteiger partial charge in [-0.15, -0.1) is 0 Å². The highest BCUT2D eigenvalue weighted by molar-refractivity contribution is 9.10. The summed E-state index contributed by atoms with van der Waals surface area (Å²) >= 11 is 5.81. The number of imide groups is 1. The van der Waals surface area contributed by atoms with Crippen molar-refractivity contribution in [2.75, 3.05) is 31.2 Å². The largest absolute Gasteiger partial charge is 0.378 e. The van der Waals surface area contributed by atoms with Gasteiger partial charge in [0.15, 0.2) is 0 Å². The van der Waals surface area contributed by atoms with Gasteiger partial charge in [-0.3, -0.25) is 23.7 Å². The normalized spacial score (nSPS) is 23.2. The first kappa shape index (κ1) is 24.6. The molecule has 0 N–H and O–H groups in total. The van der Waals surface area contributed by atoms with Gasteiger partial charge in [-0.25, -0.2) is 4.90 Å². The average Bonchev–Trinajstić information content (AvgIpc) is 3.35. The molecule has 37 heavy (non-hydrogen) atoms. The number of anilines is 1. The van der Waals surface area contributed by atoms with Gasteiger partial charge in [0, 0.05) is 28.4 Å². The Hall–Kier alpha value is -2.73. The lowest BCUT2D eigenvalue weighted by Gasteiger charge is -2.31. The predicted molar refractivity (Wildman–Crippen MR) is 144 cm³/mol. The van der Waals surface area contributed by atoms with Crippen LogP contribution in [0.4, 0.5) is 5.69 Å². The van der Waals surface area contributed by atoms with Gasteiger partial charge in [-0.2, -0.15) is 0 Å². The van der Waals surface area contributed by atoms with Crippen LogP contribution in [0, 0.1) is 5.92 Å². The molecule has 6 rings (SSSR count). The molecule has 3 aromatic rings. The number of thioether (sulfide) groups is 1. The van der Waals surface area contributed by atoms with Crippen molar-refractivity contribution in [1.82, 2.24) is 9.47 Å². The van der Waals surface area contributed by atoms with Gasteiger partial charge in [-0.1, -0.05) is 69.4 Å². The highest BCUT2D eigenvalue weighted by atomic mass is 79.9. The summed E-state index contributed by atoms with van der Waals surface area (Å²) in [7, 11) is 0. The van der Waals surface area contributed by atoms with Crippen molar-refractivity contribution in [2.45, 2.75) is 22.7 Å². The van der Waals surface area contributed by atoms with E-state index in [1.165, 1.54) is 21.2 Å². The second-order valence-corrected chi connectivity index (χ2v) is 12.1. The number of carbonyl (C=O) groups is 3. The van der Waals surface area contributed by atoms with E-state index in [0.29, 0.717) is 37.0 Å². The maximum absolute atomic E-state index is 13.8. The highest BCUT2D eigenvalue weighted by Gasteiger charge is 2.56. The number of ether oxygens (including phenoxy) is 1. The van der Waals surface area contributed by atoms with Crippen molar-refractivity contribution in [3.63, 3.8) is 0 Å². The number of morpholine rings is 1. The summed E-state index contributed by atoms with van der Waals surface area (Å²) in [6.45, 7) is 1.80. The number of halogens is 1. The molecule has 2 aromatic carbocycles. The number of hydrogen-bond acceptors (Lipinski definition) is 7. The number of benzene rings is 2. The Morgan fingerprint density at radius 3 is 2.49 bits per heavy atom. The summed E-state index contributed by atoms with van der Waals surface area (Å²) in [5, 5.41) is -0.109. The summed E-state index contributed by atoms with van der Waals surface area (Å²) < 4.78 is 7.66. The van der Waals surface area contributed by atoms with Gasteiger partial charge in [-0.05, 0) is 29.8 Å². The van der Waals surface area contributed by atoms with E-state index in [9.17, 15) is 19.2 Å². The predicted octanol–water partition coefficient (Wildman–Crippen LogP) is 3.33. The molecule has 3 aliphatic rings. The van der Waals surface area contributed by atoms with Crippen molar-refractivity contribution < 1.29 is 19.1 Å². The van der Waals surface area contributed by atoms with E-state index in [-0.39, 0.29) is 29.1 Å². The minimum atomic E-state index is -0.706. The Bertz CT molecular complexity index is 1450. The molecule has 3 aliphatic heterocycles. The number of para-hydroxylation sites is 1. The van der Waals surface area contributed by atoms with E-state index in [2.05, 4.69) is 15.9 Å². The summed E-state index contributed by atoms with van der Waals surface area (Å²) in [6.07, 6.45) is 0. The topological polar surface area (TPSA) is 88.9 Å².